The average Bonchev–Trinajstić information content (AvgIpc) is 3.08. The van der Waals surface area contributed by atoms with Gasteiger partial charge < -0.3 is 4.90 Å². The zero-order valence-electron chi connectivity index (χ0n) is 14.7. The Hall–Kier alpha value is -2.17. The van der Waals surface area contributed by atoms with E-state index in [-0.39, 0.29) is 29.4 Å². The number of carbonyl (C=O) groups excluding carboxylic acids is 1. The van der Waals surface area contributed by atoms with Crippen LogP contribution in [0.25, 0.3) is 0 Å². The molecule has 130 valence electrons. The van der Waals surface area contributed by atoms with E-state index in [1.807, 2.05) is 53.4 Å². The van der Waals surface area contributed by atoms with E-state index in [1.54, 1.807) is 0 Å². The van der Waals surface area contributed by atoms with Crippen LogP contribution in [0, 0.1) is 11.3 Å². The molecule has 1 N–H and O–H groups in total. The lowest BCUT2D eigenvalue weighted by atomic mass is 9.71. The molecule has 0 saturated carbocycles. The van der Waals surface area contributed by atoms with E-state index < -0.39 is 0 Å². The molecule has 1 amide bonds. The predicted octanol–water partition coefficient (Wildman–Crippen LogP) is 3.32. The van der Waals surface area contributed by atoms with E-state index in [2.05, 4.69) is 31.5 Å². The van der Waals surface area contributed by atoms with Crippen molar-refractivity contribution in [2.45, 2.75) is 32.5 Å². The van der Waals surface area contributed by atoms with Gasteiger partial charge in [0.15, 0.2) is 0 Å². The highest BCUT2D eigenvalue weighted by Crippen LogP contribution is 2.45. The van der Waals surface area contributed by atoms with Crippen LogP contribution < -0.4 is 5.48 Å². The second kappa shape index (κ2) is 6.28. The molecule has 4 heteroatoms. The molecular formula is C21H24N2O2. The first-order valence-corrected chi connectivity index (χ1v) is 8.85. The van der Waals surface area contributed by atoms with Crippen LogP contribution in [0.3, 0.4) is 0 Å². The van der Waals surface area contributed by atoms with Crippen LogP contribution in [0.5, 0.6) is 0 Å². The molecule has 2 aromatic carbocycles. The normalized spacial score (nSPS) is 28.0. The summed E-state index contributed by atoms with van der Waals surface area (Å²) in [5.74, 6) is -0.0260. The van der Waals surface area contributed by atoms with Gasteiger partial charge in [-0.05, 0) is 11.1 Å². The maximum atomic E-state index is 13.3. The van der Waals surface area contributed by atoms with Crippen molar-refractivity contribution in [3.63, 3.8) is 0 Å². The summed E-state index contributed by atoms with van der Waals surface area (Å²) in [5, 5.41) is 0. The van der Waals surface area contributed by atoms with Gasteiger partial charge in [0.05, 0.1) is 12.0 Å². The van der Waals surface area contributed by atoms with Crippen molar-refractivity contribution in [3.8, 4) is 0 Å². The zero-order valence-corrected chi connectivity index (χ0v) is 14.7. The molecule has 4 nitrogen and oxygen atoms in total. The molecule has 0 aliphatic carbocycles. The van der Waals surface area contributed by atoms with Gasteiger partial charge in [-0.15, -0.1) is 0 Å². The highest BCUT2D eigenvalue weighted by atomic mass is 16.7. The van der Waals surface area contributed by atoms with Crippen LogP contribution in [-0.2, 0) is 16.2 Å². The third kappa shape index (κ3) is 2.96. The number of nitrogens with zero attached hydrogens (tertiary/aromatic N) is 1. The largest absolute Gasteiger partial charge is 0.337 e. The minimum absolute atomic E-state index is 0.0252. The molecule has 4 rings (SSSR count). The van der Waals surface area contributed by atoms with E-state index in [0.29, 0.717) is 6.54 Å². The molecule has 3 atom stereocenters. The lowest BCUT2D eigenvalue weighted by Crippen LogP contribution is -2.58. The fourth-order valence-corrected chi connectivity index (χ4v) is 4.12. The van der Waals surface area contributed by atoms with Crippen molar-refractivity contribution >= 4 is 5.91 Å². The van der Waals surface area contributed by atoms with Gasteiger partial charge in [-0.3, -0.25) is 9.63 Å². The SMILES string of the molecule is CC1(C)CN(Cc2ccccc2)C(=O)[C@@H]2[C@H]1NO[C@H]2c1ccccc1. The third-order valence-electron chi connectivity index (χ3n) is 5.39. The lowest BCUT2D eigenvalue weighted by Gasteiger charge is -2.45. The zero-order chi connectivity index (χ0) is 17.4. The Balaban J connectivity index is 1.64. The fourth-order valence-electron chi connectivity index (χ4n) is 4.12. The number of rotatable bonds is 3. The summed E-state index contributed by atoms with van der Waals surface area (Å²) in [5.41, 5.74) is 5.32. The molecule has 0 spiro atoms. The summed E-state index contributed by atoms with van der Waals surface area (Å²) in [4.78, 5) is 21.2. The summed E-state index contributed by atoms with van der Waals surface area (Å²) in [6, 6.07) is 20.2. The van der Waals surface area contributed by atoms with Crippen molar-refractivity contribution in [3.05, 3.63) is 71.8 Å². The number of carbonyl (C=O) groups is 1. The highest BCUT2D eigenvalue weighted by Gasteiger charge is 2.54. The number of fused-ring (bicyclic) bond motifs is 1. The molecular weight excluding hydrogens is 312 g/mol. The number of piperidine rings is 1. The Morgan fingerprint density at radius 1 is 1.08 bits per heavy atom. The van der Waals surface area contributed by atoms with Gasteiger partial charge in [0.25, 0.3) is 0 Å². The summed E-state index contributed by atoms with van der Waals surface area (Å²) < 4.78 is 0. The summed E-state index contributed by atoms with van der Waals surface area (Å²) >= 11 is 0. The molecule has 2 aliphatic heterocycles. The fraction of sp³-hybridized carbons (Fsp3) is 0.381. The van der Waals surface area contributed by atoms with E-state index in [1.165, 1.54) is 0 Å². The van der Waals surface area contributed by atoms with Crippen molar-refractivity contribution in [1.82, 2.24) is 10.4 Å². The van der Waals surface area contributed by atoms with Gasteiger partial charge >= 0.3 is 0 Å². The van der Waals surface area contributed by atoms with Crippen LogP contribution in [0.15, 0.2) is 60.7 Å². The smallest absolute Gasteiger partial charge is 0.230 e. The van der Waals surface area contributed by atoms with E-state index >= 15 is 0 Å². The second-order valence-corrected chi connectivity index (χ2v) is 7.74. The van der Waals surface area contributed by atoms with Gasteiger partial charge in [-0.2, -0.15) is 5.48 Å². The first-order valence-electron chi connectivity index (χ1n) is 8.85. The van der Waals surface area contributed by atoms with Crippen molar-refractivity contribution in [2.75, 3.05) is 6.54 Å². The van der Waals surface area contributed by atoms with Gasteiger partial charge in [0, 0.05) is 18.5 Å². The van der Waals surface area contributed by atoms with E-state index in [4.69, 9.17) is 4.84 Å². The molecule has 2 heterocycles. The minimum atomic E-state index is -0.239. The van der Waals surface area contributed by atoms with Crippen LogP contribution in [0.1, 0.15) is 31.1 Å². The lowest BCUT2D eigenvalue weighted by molar-refractivity contribution is -0.145. The van der Waals surface area contributed by atoms with Crippen LogP contribution in [-0.4, -0.2) is 23.4 Å². The van der Waals surface area contributed by atoms with Gasteiger partial charge in [-0.1, -0.05) is 74.5 Å². The van der Waals surface area contributed by atoms with Crippen molar-refractivity contribution in [1.29, 1.82) is 0 Å². The van der Waals surface area contributed by atoms with E-state index in [9.17, 15) is 4.79 Å². The summed E-state index contributed by atoms with van der Waals surface area (Å²) in [6.45, 7) is 5.78. The Bertz CT molecular complexity index is 745. The third-order valence-corrected chi connectivity index (χ3v) is 5.39. The Kier molecular flexibility index (Phi) is 4.10. The maximum absolute atomic E-state index is 13.3. The molecule has 2 fully saturated rings. The number of benzene rings is 2. The molecule has 2 aliphatic rings. The van der Waals surface area contributed by atoms with Crippen LogP contribution in [0.2, 0.25) is 0 Å². The monoisotopic (exact) mass is 336 g/mol. The molecule has 0 bridgehead atoms. The standard InChI is InChI=1S/C21H24N2O2/c1-21(2)14-23(13-15-9-5-3-6-10-15)20(24)17-18(25-22-19(17)21)16-11-7-4-8-12-16/h3-12,17-19,22H,13-14H2,1-2H3/t17-,18-,19+/m0/s1. The minimum Gasteiger partial charge on any atom is -0.337 e. The number of amides is 1. The van der Waals surface area contributed by atoms with Crippen LogP contribution in [0.4, 0.5) is 0 Å². The van der Waals surface area contributed by atoms with Gasteiger partial charge in [0.2, 0.25) is 5.91 Å². The quantitative estimate of drug-likeness (QED) is 0.935. The van der Waals surface area contributed by atoms with Crippen LogP contribution >= 0.6 is 0 Å². The van der Waals surface area contributed by atoms with Gasteiger partial charge in [-0.25, -0.2) is 0 Å². The number of hydroxylamine groups is 1. The Morgan fingerprint density at radius 3 is 2.40 bits per heavy atom. The number of hydrogen-bond donors (Lipinski definition) is 1. The first kappa shape index (κ1) is 16.3. The number of hydrogen-bond acceptors (Lipinski definition) is 3. The summed E-state index contributed by atoms with van der Waals surface area (Å²) in [6.07, 6.45) is -0.239. The van der Waals surface area contributed by atoms with Crippen molar-refractivity contribution in [2.24, 2.45) is 11.3 Å². The molecule has 0 unspecified atom stereocenters. The molecule has 0 aromatic heterocycles. The molecule has 0 radical (unpaired) electrons. The van der Waals surface area contributed by atoms with Crippen molar-refractivity contribution < 1.29 is 9.63 Å². The molecule has 2 aromatic rings. The topological polar surface area (TPSA) is 41.6 Å². The predicted molar refractivity (Wildman–Crippen MR) is 96.3 cm³/mol. The van der Waals surface area contributed by atoms with Gasteiger partial charge in [0.1, 0.15) is 6.10 Å². The first-order chi connectivity index (χ1) is 12.1. The second-order valence-electron chi connectivity index (χ2n) is 7.74. The summed E-state index contributed by atoms with van der Waals surface area (Å²) in [7, 11) is 0. The Labute approximate surface area is 148 Å². The van der Waals surface area contributed by atoms with E-state index in [0.717, 1.165) is 17.7 Å². The molecule has 25 heavy (non-hydrogen) atoms. The average molecular weight is 336 g/mol. The maximum Gasteiger partial charge on any atom is 0.230 e. The Morgan fingerprint density at radius 2 is 1.72 bits per heavy atom. The number of likely N-dealkylation sites (tertiary alicyclic amines) is 1. The number of nitrogens with one attached hydrogen (secondary N) is 1. The highest BCUT2D eigenvalue weighted by molar-refractivity contribution is 5.82. The molecule has 2 saturated heterocycles.